The van der Waals surface area contributed by atoms with Crippen LogP contribution in [0.4, 0.5) is 0 Å². The number of ketones is 1. The number of carbonyl (C=O) groups is 3. The fourth-order valence-electron chi connectivity index (χ4n) is 6.54. The van der Waals surface area contributed by atoms with Gasteiger partial charge in [0.2, 0.25) is 5.91 Å². The van der Waals surface area contributed by atoms with Crippen LogP contribution in [0, 0.1) is 23.2 Å². The van der Waals surface area contributed by atoms with E-state index in [9.17, 15) is 24.6 Å². The van der Waals surface area contributed by atoms with E-state index < -0.39 is 46.9 Å². The van der Waals surface area contributed by atoms with E-state index in [1.54, 1.807) is 19.1 Å². The van der Waals surface area contributed by atoms with Gasteiger partial charge in [0.15, 0.2) is 5.78 Å². The largest absolute Gasteiger partial charge is 0.457 e. The SMILES string of the molecule is CC(=O)O[C@@H]1/C=C/[C@@](C)(O)C(=O)[C@@H](C)C/C=C/[C@H]2[C@H](O)C(C)=C(C)[C@H]3[C@H](Cc4ccccc4)NC(=O)[C@@]123. The lowest BCUT2D eigenvalue weighted by atomic mass is 9.54. The number of nitrogens with one attached hydrogen (secondary N) is 1. The third-order valence-corrected chi connectivity index (χ3v) is 8.49. The van der Waals surface area contributed by atoms with Crippen LogP contribution in [0.15, 0.2) is 65.8 Å². The quantitative estimate of drug-likeness (QED) is 0.428. The molecule has 1 heterocycles. The van der Waals surface area contributed by atoms with Crippen molar-refractivity contribution < 1.29 is 29.3 Å². The summed E-state index contributed by atoms with van der Waals surface area (Å²) in [4.78, 5) is 39.5. The molecule has 0 bridgehead atoms. The summed E-state index contributed by atoms with van der Waals surface area (Å²) in [5.74, 6) is -2.92. The molecule has 0 unspecified atom stereocenters. The zero-order chi connectivity index (χ0) is 27.1. The Kier molecular flexibility index (Phi) is 7.32. The molecule has 0 radical (unpaired) electrons. The maximum absolute atomic E-state index is 14.2. The van der Waals surface area contributed by atoms with Crippen molar-refractivity contribution in [2.24, 2.45) is 23.2 Å². The van der Waals surface area contributed by atoms with E-state index in [1.165, 1.54) is 26.0 Å². The number of amides is 1. The summed E-state index contributed by atoms with van der Waals surface area (Å²) in [6.07, 6.45) is 5.17. The van der Waals surface area contributed by atoms with Crippen molar-refractivity contribution in [3.63, 3.8) is 0 Å². The van der Waals surface area contributed by atoms with Gasteiger partial charge in [-0.3, -0.25) is 14.4 Å². The second-order valence-electron chi connectivity index (χ2n) is 11.0. The molecule has 3 aliphatic rings. The third kappa shape index (κ3) is 4.59. The lowest BCUT2D eigenvalue weighted by Gasteiger charge is -2.49. The Balaban J connectivity index is 1.96. The third-order valence-electron chi connectivity index (χ3n) is 8.49. The second kappa shape index (κ2) is 10.0. The van der Waals surface area contributed by atoms with E-state index in [0.29, 0.717) is 12.8 Å². The van der Waals surface area contributed by atoms with Gasteiger partial charge in [0, 0.05) is 30.7 Å². The van der Waals surface area contributed by atoms with Crippen molar-refractivity contribution in [1.82, 2.24) is 5.32 Å². The number of aliphatic hydroxyl groups is 2. The molecule has 1 fully saturated rings. The fourth-order valence-corrected chi connectivity index (χ4v) is 6.54. The van der Waals surface area contributed by atoms with Crippen molar-refractivity contribution in [2.75, 3.05) is 0 Å². The number of benzene rings is 1. The Hall–Kier alpha value is -3.03. The number of rotatable bonds is 3. The van der Waals surface area contributed by atoms with Crippen molar-refractivity contribution in [3.05, 3.63) is 71.3 Å². The zero-order valence-corrected chi connectivity index (χ0v) is 22.1. The molecule has 0 aromatic heterocycles. The summed E-state index contributed by atoms with van der Waals surface area (Å²) in [7, 11) is 0. The number of allylic oxidation sites excluding steroid dienone is 1. The highest BCUT2D eigenvalue weighted by Crippen LogP contribution is 2.57. The molecular weight excluding hydrogens is 470 g/mol. The smallest absolute Gasteiger partial charge is 0.303 e. The van der Waals surface area contributed by atoms with Crippen molar-refractivity contribution >= 4 is 17.7 Å². The number of ether oxygens (including phenoxy) is 1. The van der Waals surface area contributed by atoms with Crippen LogP contribution < -0.4 is 5.32 Å². The van der Waals surface area contributed by atoms with Gasteiger partial charge in [-0.05, 0) is 56.9 Å². The monoisotopic (exact) mass is 507 g/mol. The maximum Gasteiger partial charge on any atom is 0.303 e. The number of hydrogen-bond donors (Lipinski definition) is 3. The highest BCUT2D eigenvalue weighted by Gasteiger charge is 2.67. The van der Waals surface area contributed by atoms with E-state index >= 15 is 0 Å². The van der Waals surface area contributed by atoms with Crippen molar-refractivity contribution in [1.29, 1.82) is 0 Å². The van der Waals surface area contributed by atoms with Crippen LogP contribution in [0.1, 0.15) is 46.6 Å². The Morgan fingerprint density at radius 3 is 2.46 bits per heavy atom. The molecule has 1 aromatic carbocycles. The highest BCUT2D eigenvalue weighted by molar-refractivity contribution is 5.91. The van der Waals surface area contributed by atoms with Crippen LogP contribution in [0.2, 0.25) is 0 Å². The molecule has 1 spiro atoms. The van der Waals surface area contributed by atoms with Gasteiger partial charge >= 0.3 is 5.97 Å². The van der Waals surface area contributed by atoms with Gasteiger partial charge in [0.25, 0.3) is 0 Å². The van der Waals surface area contributed by atoms with Gasteiger partial charge < -0.3 is 20.3 Å². The van der Waals surface area contributed by atoms with Gasteiger partial charge in [0.05, 0.1) is 6.10 Å². The summed E-state index contributed by atoms with van der Waals surface area (Å²) in [6, 6.07) is 9.52. The lowest BCUT2D eigenvalue weighted by Crippen LogP contribution is -2.58. The minimum Gasteiger partial charge on any atom is -0.457 e. The molecule has 0 saturated carbocycles. The zero-order valence-electron chi connectivity index (χ0n) is 22.1. The van der Waals surface area contributed by atoms with Gasteiger partial charge in [-0.1, -0.05) is 55.0 Å². The normalized spacial score (nSPS) is 39.6. The molecule has 7 heteroatoms. The molecular formula is C30H37NO6. The predicted octanol–water partition coefficient (Wildman–Crippen LogP) is 3.06. The Labute approximate surface area is 218 Å². The number of carbonyl (C=O) groups excluding carboxylic acids is 3. The van der Waals surface area contributed by atoms with Gasteiger partial charge in [-0.2, -0.15) is 0 Å². The molecule has 198 valence electrons. The number of Topliss-reactive ketones (excluding diaryl/α,β-unsaturated/α-hetero) is 1. The van der Waals surface area contributed by atoms with Crippen LogP contribution >= 0.6 is 0 Å². The van der Waals surface area contributed by atoms with E-state index in [2.05, 4.69) is 5.32 Å². The van der Waals surface area contributed by atoms with E-state index in [4.69, 9.17) is 4.74 Å². The average molecular weight is 508 g/mol. The molecule has 37 heavy (non-hydrogen) atoms. The van der Waals surface area contributed by atoms with E-state index in [-0.39, 0.29) is 17.7 Å². The highest BCUT2D eigenvalue weighted by atomic mass is 16.5. The van der Waals surface area contributed by atoms with Gasteiger partial charge in [-0.15, -0.1) is 0 Å². The van der Waals surface area contributed by atoms with Crippen LogP contribution in [0.5, 0.6) is 0 Å². The van der Waals surface area contributed by atoms with Crippen LogP contribution in [0.3, 0.4) is 0 Å². The Morgan fingerprint density at radius 2 is 1.81 bits per heavy atom. The average Bonchev–Trinajstić information content (AvgIpc) is 3.13. The number of esters is 1. The molecule has 1 amide bonds. The van der Waals surface area contributed by atoms with E-state index in [0.717, 1.165) is 16.7 Å². The fraction of sp³-hybridized carbons (Fsp3) is 0.500. The second-order valence-corrected chi connectivity index (χ2v) is 11.0. The molecule has 1 aliphatic heterocycles. The van der Waals surface area contributed by atoms with Crippen LogP contribution in [0.25, 0.3) is 0 Å². The number of aliphatic hydroxyl groups excluding tert-OH is 1. The summed E-state index contributed by atoms with van der Waals surface area (Å²) in [5.41, 5.74) is -0.500. The summed E-state index contributed by atoms with van der Waals surface area (Å²) in [6.45, 7) is 8.20. The summed E-state index contributed by atoms with van der Waals surface area (Å²) >= 11 is 0. The van der Waals surface area contributed by atoms with Gasteiger partial charge in [0.1, 0.15) is 17.1 Å². The number of hydrogen-bond acceptors (Lipinski definition) is 6. The topological polar surface area (TPSA) is 113 Å². The molecule has 2 aliphatic carbocycles. The Morgan fingerprint density at radius 1 is 1.14 bits per heavy atom. The molecule has 7 nitrogen and oxygen atoms in total. The Bertz CT molecular complexity index is 1170. The molecule has 1 saturated heterocycles. The standard InChI is InChI=1S/C30H37NO6/c1-17-10-9-13-22-26(33)19(3)18(2)25-23(16-21-11-7-6-8-12-21)31-28(35)30(22,25)24(37-20(4)32)14-15-29(5,36)27(17)34/h6-9,11-15,17,22-26,33,36H,10,16H2,1-5H3,(H,31,35)/b13-9+,15-14+/t17-,22-,23-,24+,25-,26+,29+,30+/m0/s1. The first-order valence-corrected chi connectivity index (χ1v) is 12.9. The summed E-state index contributed by atoms with van der Waals surface area (Å²) in [5, 5.41) is 25.7. The molecule has 8 atom stereocenters. The van der Waals surface area contributed by atoms with Crippen LogP contribution in [-0.4, -0.2) is 51.7 Å². The minimum absolute atomic E-state index is 0.314. The lowest BCUT2D eigenvalue weighted by molar-refractivity contribution is -0.161. The maximum atomic E-state index is 14.2. The minimum atomic E-state index is -1.82. The first-order chi connectivity index (χ1) is 17.4. The van der Waals surface area contributed by atoms with Crippen molar-refractivity contribution in [2.45, 2.75) is 71.3 Å². The van der Waals surface area contributed by atoms with Crippen LogP contribution in [-0.2, 0) is 25.5 Å². The summed E-state index contributed by atoms with van der Waals surface area (Å²) < 4.78 is 5.82. The molecule has 4 rings (SSSR count). The van der Waals surface area contributed by atoms with Gasteiger partial charge in [-0.25, -0.2) is 0 Å². The molecule has 1 aromatic rings. The molecule has 3 N–H and O–H groups in total. The first-order valence-electron chi connectivity index (χ1n) is 12.9. The first kappa shape index (κ1) is 27.0. The predicted molar refractivity (Wildman–Crippen MR) is 139 cm³/mol. The van der Waals surface area contributed by atoms with Crippen molar-refractivity contribution in [3.8, 4) is 0 Å². The van der Waals surface area contributed by atoms with E-state index in [1.807, 2.05) is 44.2 Å².